The quantitative estimate of drug-likeness (QED) is 0.388. The maximum Gasteiger partial charge on any atom is 0.456 e. The molecule has 0 amide bonds. The van der Waals surface area contributed by atoms with Gasteiger partial charge in [-0.3, -0.25) is 4.79 Å². The fourth-order valence-corrected chi connectivity index (χ4v) is 3.60. The molecule has 0 radical (unpaired) electrons. The summed E-state index contributed by atoms with van der Waals surface area (Å²) in [6.45, 7) is 0. The summed E-state index contributed by atoms with van der Waals surface area (Å²) in [6, 6.07) is 5.80. The number of methoxy groups -OCH3 is 1. The second-order valence-electron chi connectivity index (χ2n) is 5.95. The summed E-state index contributed by atoms with van der Waals surface area (Å²) in [5.41, 5.74) is 0.801. The number of halogens is 5. The molecular weight excluding hydrogens is 479 g/mol. The minimum absolute atomic E-state index is 0.164. The van der Waals surface area contributed by atoms with Crippen LogP contribution >= 0.6 is 27.5 Å². The number of hydrogen-bond acceptors (Lipinski definition) is 4. The molecule has 3 rings (SSSR count). The maximum atomic E-state index is 12.8. The van der Waals surface area contributed by atoms with Crippen molar-refractivity contribution >= 4 is 39.3 Å². The summed E-state index contributed by atoms with van der Waals surface area (Å²) >= 11 is 9.19. The predicted octanol–water partition coefficient (Wildman–Crippen LogP) is 4.83. The largest absolute Gasteiger partial charge is 0.465 e. The van der Waals surface area contributed by atoms with E-state index in [1.165, 1.54) is 37.2 Å². The van der Waals surface area contributed by atoms with Crippen LogP contribution in [0.2, 0.25) is 5.02 Å². The van der Waals surface area contributed by atoms with Crippen LogP contribution in [0.15, 0.2) is 41.1 Å². The van der Waals surface area contributed by atoms with Gasteiger partial charge in [0, 0.05) is 18.8 Å². The highest BCUT2D eigenvalue weighted by Gasteiger charge is 2.41. The molecule has 0 aliphatic heterocycles. The number of ketones is 1. The van der Waals surface area contributed by atoms with Crippen LogP contribution in [0, 0.1) is 0 Å². The van der Waals surface area contributed by atoms with Gasteiger partial charge in [0.25, 0.3) is 5.78 Å². The van der Waals surface area contributed by atoms with E-state index in [0.717, 1.165) is 10.6 Å². The van der Waals surface area contributed by atoms with Gasteiger partial charge in [-0.25, -0.2) is 9.48 Å². The molecule has 0 saturated carbocycles. The highest BCUT2D eigenvalue weighted by atomic mass is 79.9. The molecule has 0 bridgehead atoms. The van der Waals surface area contributed by atoms with E-state index >= 15 is 0 Å². The SMILES string of the molecule is COC(=O)c1cc(-c2cnn(-c3c(Br)cc(C(=O)C(F)(F)F)n3C)c2)ccc1Cl. The predicted molar refractivity (Wildman–Crippen MR) is 102 cm³/mol. The van der Waals surface area contributed by atoms with Crippen molar-refractivity contribution in [2.75, 3.05) is 7.11 Å². The number of rotatable bonds is 4. The van der Waals surface area contributed by atoms with E-state index in [9.17, 15) is 22.8 Å². The van der Waals surface area contributed by atoms with E-state index in [0.29, 0.717) is 11.1 Å². The molecule has 29 heavy (non-hydrogen) atoms. The molecule has 0 aliphatic carbocycles. The van der Waals surface area contributed by atoms with Crippen molar-refractivity contribution in [1.29, 1.82) is 0 Å². The van der Waals surface area contributed by atoms with Crippen LogP contribution in [0.3, 0.4) is 0 Å². The minimum atomic E-state index is -4.99. The van der Waals surface area contributed by atoms with Crippen LogP contribution in [0.25, 0.3) is 16.9 Å². The second-order valence-corrected chi connectivity index (χ2v) is 7.21. The molecule has 11 heteroatoms. The van der Waals surface area contributed by atoms with Gasteiger partial charge in [0.2, 0.25) is 0 Å². The van der Waals surface area contributed by atoms with Gasteiger partial charge in [0.15, 0.2) is 0 Å². The van der Waals surface area contributed by atoms with Crippen LogP contribution in [0.4, 0.5) is 13.2 Å². The Morgan fingerprint density at radius 1 is 1.21 bits per heavy atom. The van der Waals surface area contributed by atoms with Crippen molar-refractivity contribution in [2.24, 2.45) is 7.05 Å². The number of esters is 1. The Balaban J connectivity index is 2.03. The van der Waals surface area contributed by atoms with E-state index in [2.05, 4.69) is 25.8 Å². The lowest BCUT2D eigenvalue weighted by Gasteiger charge is -2.09. The number of nitrogens with zero attached hydrogens (tertiary/aromatic N) is 3. The van der Waals surface area contributed by atoms with E-state index in [4.69, 9.17) is 11.6 Å². The standard InChI is InChI=1S/C18H12BrClF3N3O3/c1-25-14(15(27)18(21,22)23)6-12(19)16(25)26-8-10(7-24-26)9-3-4-13(20)11(5-9)17(28)29-2/h3-8H,1-2H3. The Labute approximate surface area is 176 Å². The summed E-state index contributed by atoms with van der Waals surface area (Å²) in [6.07, 6.45) is -1.98. The zero-order valence-corrected chi connectivity index (χ0v) is 17.3. The smallest absolute Gasteiger partial charge is 0.456 e. The van der Waals surface area contributed by atoms with Crippen LogP contribution in [0.5, 0.6) is 0 Å². The van der Waals surface area contributed by atoms with Gasteiger partial charge < -0.3 is 9.30 Å². The fourth-order valence-electron chi connectivity index (χ4n) is 2.74. The van der Waals surface area contributed by atoms with E-state index in [1.54, 1.807) is 12.3 Å². The molecule has 0 N–H and O–H groups in total. The number of carbonyl (C=O) groups is 2. The van der Waals surface area contributed by atoms with Crippen LogP contribution in [0.1, 0.15) is 20.8 Å². The van der Waals surface area contributed by atoms with Crippen molar-refractivity contribution in [3.8, 4) is 16.9 Å². The lowest BCUT2D eigenvalue weighted by molar-refractivity contribution is -0.0890. The van der Waals surface area contributed by atoms with Crippen molar-refractivity contribution in [1.82, 2.24) is 14.3 Å². The van der Waals surface area contributed by atoms with Crippen molar-refractivity contribution in [2.45, 2.75) is 6.18 Å². The van der Waals surface area contributed by atoms with Crippen molar-refractivity contribution in [3.63, 3.8) is 0 Å². The molecule has 0 spiro atoms. The first kappa shape index (κ1) is 21.1. The molecular formula is C18H12BrClF3N3O3. The number of carbonyl (C=O) groups excluding carboxylic acids is 2. The fraction of sp³-hybridized carbons (Fsp3) is 0.167. The number of ether oxygens (including phenoxy) is 1. The molecule has 1 aromatic carbocycles. The summed E-state index contributed by atoms with van der Waals surface area (Å²) in [5.74, 6) is -2.34. The minimum Gasteiger partial charge on any atom is -0.465 e. The lowest BCUT2D eigenvalue weighted by atomic mass is 10.1. The molecule has 0 unspecified atom stereocenters. The van der Waals surface area contributed by atoms with Crippen LogP contribution in [-0.4, -0.2) is 39.4 Å². The number of alkyl halides is 3. The molecule has 2 heterocycles. The summed E-state index contributed by atoms with van der Waals surface area (Å²) in [7, 11) is 2.56. The highest BCUT2D eigenvalue weighted by Crippen LogP contribution is 2.31. The average Bonchev–Trinajstić information content (AvgIpc) is 3.24. The zero-order valence-electron chi connectivity index (χ0n) is 14.9. The van der Waals surface area contributed by atoms with Crippen molar-refractivity contribution in [3.05, 3.63) is 57.4 Å². The Morgan fingerprint density at radius 2 is 1.90 bits per heavy atom. The third kappa shape index (κ3) is 3.95. The monoisotopic (exact) mass is 489 g/mol. The van der Waals surface area contributed by atoms with Crippen LogP contribution in [-0.2, 0) is 11.8 Å². The van der Waals surface area contributed by atoms with E-state index in [-0.39, 0.29) is 20.9 Å². The van der Waals surface area contributed by atoms with E-state index in [1.807, 2.05) is 0 Å². The normalized spacial score (nSPS) is 11.6. The topological polar surface area (TPSA) is 66.1 Å². The molecule has 0 saturated heterocycles. The number of benzene rings is 1. The first-order chi connectivity index (χ1) is 13.5. The van der Waals surface area contributed by atoms with Gasteiger partial charge in [-0.15, -0.1) is 0 Å². The molecule has 0 atom stereocenters. The molecule has 6 nitrogen and oxygen atoms in total. The molecule has 0 aliphatic rings. The van der Waals surface area contributed by atoms with Gasteiger partial charge in [0.1, 0.15) is 5.82 Å². The van der Waals surface area contributed by atoms with Gasteiger partial charge in [0.05, 0.1) is 34.1 Å². The highest BCUT2D eigenvalue weighted by molar-refractivity contribution is 9.10. The van der Waals surface area contributed by atoms with Crippen molar-refractivity contribution < 1.29 is 27.5 Å². The summed E-state index contributed by atoms with van der Waals surface area (Å²) in [5, 5.41) is 4.38. The molecule has 3 aromatic rings. The number of aromatic nitrogens is 3. The second kappa shape index (κ2) is 7.68. The summed E-state index contributed by atoms with van der Waals surface area (Å²) < 4.78 is 45.8. The molecule has 2 aromatic heterocycles. The molecule has 152 valence electrons. The number of Topliss-reactive ketones (excluding diaryl/α,β-unsaturated/α-hetero) is 1. The Bertz CT molecular complexity index is 1120. The first-order valence-electron chi connectivity index (χ1n) is 7.94. The molecule has 0 fully saturated rings. The van der Waals surface area contributed by atoms with Gasteiger partial charge >= 0.3 is 12.1 Å². The van der Waals surface area contributed by atoms with Crippen LogP contribution < -0.4 is 0 Å². The Hall–Kier alpha value is -2.59. The average molecular weight is 491 g/mol. The van der Waals surface area contributed by atoms with E-state index < -0.39 is 23.6 Å². The number of hydrogen-bond donors (Lipinski definition) is 0. The maximum absolute atomic E-state index is 12.8. The first-order valence-corrected chi connectivity index (χ1v) is 9.11. The third-order valence-electron chi connectivity index (χ3n) is 4.15. The lowest BCUT2D eigenvalue weighted by Crippen LogP contribution is -2.25. The Kier molecular flexibility index (Phi) is 5.59. The zero-order chi connectivity index (χ0) is 21.5. The third-order valence-corrected chi connectivity index (χ3v) is 5.06. The van der Waals surface area contributed by atoms with Gasteiger partial charge in [-0.1, -0.05) is 17.7 Å². The summed E-state index contributed by atoms with van der Waals surface area (Å²) in [4.78, 5) is 23.4. The Morgan fingerprint density at radius 3 is 2.52 bits per heavy atom. The van der Waals surface area contributed by atoms with Gasteiger partial charge in [-0.2, -0.15) is 18.3 Å². The van der Waals surface area contributed by atoms with Gasteiger partial charge in [-0.05, 0) is 39.7 Å².